The summed E-state index contributed by atoms with van der Waals surface area (Å²) in [6.45, 7) is 5.34. The van der Waals surface area contributed by atoms with Crippen molar-refractivity contribution in [2.24, 2.45) is 0 Å². The van der Waals surface area contributed by atoms with Gasteiger partial charge >= 0.3 is 6.36 Å². The van der Waals surface area contributed by atoms with E-state index < -0.39 is 16.2 Å². The summed E-state index contributed by atoms with van der Waals surface area (Å²) >= 11 is 0. The summed E-state index contributed by atoms with van der Waals surface area (Å²) < 4.78 is 70.4. The zero-order chi connectivity index (χ0) is 28.7. The normalized spacial score (nSPS) is 12.1. The highest BCUT2D eigenvalue weighted by Gasteiger charge is 2.31. The second-order valence-corrected chi connectivity index (χ2v) is 11.3. The molecule has 206 valence electrons. The lowest BCUT2D eigenvalue weighted by molar-refractivity contribution is -0.274. The van der Waals surface area contributed by atoms with Crippen LogP contribution in [0.5, 0.6) is 5.75 Å². The fourth-order valence-electron chi connectivity index (χ4n) is 4.41. The van der Waals surface area contributed by atoms with E-state index in [4.69, 9.17) is 0 Å². The zero-order valence-electron chi connectivity index (χ0n) is 21.7. The third-order valence-electron chi connectivity index (χ3n) is 6.31. The van der Waals surface area contributed by atoms with Crippen LogP contribution in [0.1, 0.15) is 18.4 Å². The summed E-state index contributed by atoms with van der Waals surface area (Å²) in [7, 11) is -3.41. The number of ether oxygens (including phenoxy) is 1. The maximum atomic E-state index is 12.6. The number of hydrogen-bond donors (Lipinski definition) is 0. The van der Waals surface area contributed by atoms with Crippen LogP contribution in [0.25, 0.3) is 33.8 Å². The summed E-state index contributed by atoms with van der Waals surface area (Å²) in [6.07, 6.45) is -1.41. The molecule has 0 aliphatic carbocycles. The molecule has 5 aromatic rings. The van der Waals surface area contributed by atoms with Gasteiger partial charge in [0.15, 0.2) is 9.84 Å². The molecule has 5 rings (SSSR count). The number of nitrogens with zero attached hydrogens (tertiary/aromatic N) is 5. The molecule has 0 bridgehead atoms. The van der Waals surface area contributed by atoms with Gasteiger partial charge in [0, 0.05) is 11.8 Å². The van der Waals surface area contributed by atoms with Crippen molar-refractivity contribution in [1.29, 1.82) is 0 Å². The highest BCUT2D eigenvalue weighted by Crippen LogP contribution is 2.33. The Morgan fingerprint density at radius 1 is 0.900 bits per heavy atom. The van der Waals surface area contributed by atoms with Gasteiger partial charge in [-0.1, -0.05) is 30.3 Å². The molecular weight excluding hydrogens is 543 g/mol. The lowest BCUT2D eigenvalue weighted by Crippen LogP contribution is -2.16. The largest absolute Gasteiger partial charge is 0.573 e. The molecule has 2 heterocycles. The van der Waals surface area contributed by atoms with Crippen LogP contribution in [0.4, 0.5) is 13.2 Å². The number of rotatable bonds is 7. The second-order valence-electron chi connectivity index (χ2n) is 9.04. The van der Waals surface area contributed by atoms with Gasteiger partial charge < -0.3 is 9.30 Å². The monoisotopic (exact) mass is 567 g/mol. The number of benzene rings is 3. The van der Waals surface area contributed by atoms with Gasteiger partial charge in [-0.25, -0.2) is 18.1 Å². The van der Waals surface area contributed by atoms with Crippen LogP contribution < -0.4 is 4.74 Å². The van der Waals surface area contributed by atoms with Crippen LogP contribution in [-0.4, -0.2) is 45.1 Å². The highest BCUT2D eigenvalue weighted by atomic mass is 32.2. The van der Waals surface area contributed by atoms with E-state index in [1.807, 2.05) is 48.9 Å². The standard InChI is InChI=1S/C28H24F3N5O3S/c1-4-40(37,38)24-7-5-6-21(14-24)22-10-13-25(35-17-18(2)33-19(35)3)26(15-22)36-27(16-32-34-36)20-8-11-23(12-9-20)39-28(29,30)31/h5-17H,4H2,1-3H3. The minimum atomic E-state index is -4.80. The van der Waals surface area contributed by atoms with Crippen LogP contribution in [0.15, 0.2) is 84.0 Å². The predicted octanol–water partition coefficient (Wildman–Crippen LogP) is 6.10. The molecule has 0 amide bonds. The average Bonchev–Trinajstić information content (AvgIpc) is 3.54. The van der Waals surface area contributed by atoms with Gasteiger partial charge in [-0.05, 0) is 73.5 Å². The van der Waals surface area contributed by atoms with Crippen molar-refractivity contribution in [3.63, 3.8) is 0 Å². The van der Waals surface area contributed by atoms with Crippen LogP contribution in [-0.2, 0) is 9.84 Å². The van der Waals surface area contributed by atoms with Gasteiger partial charge in [0.1, 0.15) is 11.6 Å². The number of alkyl halides is 3. The summed E-state index contributed by atoms with van der Waals surface area (Å²) in [4.78, 5) is 4.73. The first-order valence-corrected chi connectivity index (χ1v) is 13.9. The first kappa shape index (κ1) is 27.1. The maximum absolute atomic E-state index is 12.6. The molecule has 0 spiro atoms. The topological polar surface area (TPSA) is 91.9 Å². The molecule has 8 nitrogen and oxygen atoms in total. The Balaban J connectivity index is 1.66. The van der Waals surface area contributed by atoms with Gasteiger partial charge in [-0.15, -0.1) is 18.3 Å². The van der Waals surface area contributed by atoms with E-state index in [-0.39, 0.29) is 16.4 Å². The predicted molar refractivity (Wildman–Crippen MR) is 143 cm³/mol. The molecule has 0 unspecified atom stereocenters. The maximum Gasteiger partial charge on any atom is 0.573 e. The Morgan fingerprint density at radius 3 is 2.25 bits per heavy atom. The molecule has 40 heavy (non-hydrogen) atoms. The van der Waals surface area contributed by atoms with Crippen molar-refractivity contribution < 1.29 is 26.3 Å². The Bertz CT molecular complexity index is 1790. The molecule has 0 aliphatic heterocycles. The summed E-state index contributed by atoms with van der Waals surface area (Å²) in [5.74, 6) is 0.372. The van der Waals surface area contributed by atoms with Gasteiger partial charge in [0.05, 0.1) is 39.6 Å². The fraction of sp³-hybridized carbons (Fsp3) is 0.179. The molecular formula is C28H24F3N5O3S. The molecule has 3 aromatic carbocycles. The number of imidazole rings is 1. The zero-order valence-corrected chi connectivity index (χ0v) is 22.5. The van der Waals surface area contributed by atoms with Gasteiger partial charge in [0.2, 0.25) is 0 Å². The molecule has 12 heteroatoms. The number of hydrogen-bond acceptors (Lipinski definition) is 6. The molecule has 0 N–H and O–H groups in total. The lowest BCUT2D eigenvalue weighted by Gasteiger charge is -2.16. The third-order valence-corrected chi connectivity index (χ3v) is 8.04. The van der Waals surface area contributed by atoms with Crippen LogP contribution in [0.3, 0.4) is 0 Å². The lowest BCUT2D eigenvalue weighted by atomic mass is 10.0. The fourth-order valence-corrected chi connectivity index (χ4v) is 5.34. The SMILES string of the molecule is CCS(=O)(=O)c1cccc(-c2ccc(-n3cc(C)nc3C)c(-n3nncc3-c3ccc(OC(F)(F)F)cc3)c2)c1. The number of sulfone groups is 1. The van der Waals surface area contributed by atoms with Gasteiger partial charge in [-0.3, -0.25) is 0 Å². The molecule has 0 fully saturated rings. The summed E-state index contributed by atoms with van der Waals surface area (Å²) in [5.41, 5.74) is 4.64. The number of halogens is 3. The van der Waals surface area contributed by atoms with Crippen LogP contribution in [0.2, 0.25) is 0 Å². The van der Waals surface area contributed by atoms with E-state index in [1.165, 1.54) is 30.5 Å². The minimum absolute atomic E-state index is 0.0188. The molecule has 0 atom stereocenters. The Labute approximate surface area is 228 Å². The first-order valence-electron chi connectivity index (χ1n) is 12.2. The number of aryl methyl sites for hydroxylation is 2. The molecule has 0 saturated heterocycles. The van der Waals surface area contributed by atoms with Gasteiger partial charge in [-0.2, -0.15) is 0 Å². The second kappa shape index (κ2) is 10.3. The minimum Gasteiger partial charge on any atom is -0.406 e. The highest BCUT2D eigenvalue weighted by molar-refractivity contribution is 7.91. The molecule has 0 radical (unpaired) electrons. The van der Waals surface area contributed by atoms with Crippen LogP contribution in [0, 0.1) is 13.8 Å². The third kappa shape index (κ3) is 5.48. The van der Waals surface area contributed by atoms with E-state index in [1.54, 1.807) is 29.8 Å². The number of aromatic nitrogens is 5. The van der Waals surface area contributed by atoms with E-state index in [0.717, 1.165) is 22.8 Å². The van der Waals surface area contributed by atoms with Crippen LogP contribution >= 0.6 is 0 Å². The average molecular weight is 568 g/mol. The quantitative estimate of drug-likeness (QED) is 0.236. The van der Waals surface area contributed by atoms with Crippen molar-refractivity contribution in [3.8, 4) is 39.5 Å². The van der Waals surface area contributed by atoms with E-state index in [2.05, 4.69) is 20.0 Å². The van der Waals surface area contributed by atoms with Crippen molar-refractivity contribution in [1.82, 2.24) is 24.5 Å². The van der Waals surface area contributed by atoms with Gasteiger partial charge in [0.25, 0.3) is 0 Å². The first-order chi connectivity index (χ1) is 18.9. The van der Waals surface area contributed by atoms with E-state index in [9.17, 15) is 21.6 Å². The van der Waals surface area contributed by atoms with Crippen molar-refractivity contribution >= 4 is 9.84 Å². The van der Waals surface area contributed by atoms with E-state index >= 15 is 0 Å². The smallest absolute Gasteiger partial charge is 0.406 e. The Kier molecular flexibility index (Phi) is 6.96. The summed E-state index contributed by atoms with van der Waals surface area (Å²) in [6, 6.07) is 17.8. The van der Waals surface area contributed by atoms with Crippen molar-refractivity contribution in [2.45, 2.75) is 32.0 Å². The molecule has 2 aromatic heterocycles. The van der Waals surface area contributed by atoms with Crippen molar-refractivity contribution in [2.75, 3.05) is 5.75 Å². The summed E-state index contributed by atoms with van der Waals surface area (Å²) in [5, 5.41) is 8.37. The van der Waals surface area contributed by atoms with Crippen molar-refractivity contribution in [3.05, 3.63) is 90.6 Å². The van der Waals surface area contributed by atoms with E-state index in [0.29, 0.717) is 22.5 Å². The Hall–Kier alpha value is -4.45. The molecule has 0 saturated carbocycles. The Morgan fingerprint density at radius 2 is 1.60 bits per heavy atom. The molecule has 0 aliphatic rings.